The number of H-pyrrole nitrogens is 1. The van der Waals surface area contributed by atoms with Crippen molar-refractivity contribution in [1.29, 1.82) is 0 Å². The number of aromatic amines is 1. The lowest BCUT2D eigenvalue weighted by molar-refractivity contribution is 0.0691. The first-order chi connectivity index (χ1) is 20.1. The van der Waals surface area contributed by atoms with E-state index >= 15 is 0 Å². The van der Waals surface area contributed by atoms with Crippen LogP contribution in [0.15, 0.2) is 59.6 Å². The van der Waals surface area contributed by atoms with Crippen LogP contribution in [0.2, 0.25) is 0 Å². The quantitative estimate of drug-likeness (QED) is 0.0952. The van der Waals surface area contributed by atoms with Gasteiger partial charge >= 0.3 is 5.97 Å². The molecule has 2 heterocycles. The van der Waals surface area contributed by atoms with Gasteiger partial charge in [-0.3, -0.25) is 4.79 Å². The highest BCUT2D eigenvalue weighted by Crippen LogP contribution is 2.28. The van der Waals surface area contributed by atoms with E-state index in [-0.39, 0.29) is 42.2 Å². The Morgan fingerprint density at radius 2 is 1.88 bits per heavy atom. The third-order valence-electron chi connectivity index (χ3n) is 6.78. The van der Waals surface area contributed by atoms with Crippen LogP contribution in [0.1, 0.15) is 45.2 Å². The number of nitrogens with zero attached hydrogens (tertiary/aromatic N) is 4. The minimum absolute atomic E-state index is 0.0218. The van der Waals surface area contributed by atoms with E-state index in [1.165, 1.54) is 19.2 Å². The van der Waals surface area contributed by atoms with Crippen molar-refractivity contribution in [3.8, 4) is 11.5 Å². The molecule has 0 fully saturated rings. The monoisotopic (exact) mass is 570 g/mol. The number of aryl methyl sites for hydroxylation is 1. The first kappa shape index (κ1) is 28.0. The standard InChI is InChI=1S/C29H30N8O5/c1-15(25-34-20-8-5-17(33-29(30)31)13-22(20)35-25)26-36-21-7-4-16(12-23(21)37(26)2)27(38)32-10-11-42-24-9-6-18(41-3)14-19(24)28(39)40/h4-9,12-15H,10-11H2,1-3H3,(H,32,38)(H,34,35)(H,39,40)(H4,30,31,33). The normalized spacial score (nSPS) is 11.8. The Hall–Kier alpha value is -5.59. The predicted molar refractivity (Wildman–Crippen MR) is 158 cm³/mol. The fourth-order valence-corrected chi connectivity index (χ4v) is 4.66. The molecule has 1 amide bonds. The lowest BCUT2D eigenvalue weighted by atomic mass is 10.1. The number of aliphatic imine (C=N–C) groups is 1. The van der Waals surface area contributed by atoms with Crippen molar-refractivity contribution in [2.24, 2.45) is 23.5 Å². The summed E-state index contributed by atoms with van der Waals surface area (Å²) in [6, 6.07) is 15.3. The first-order valence-electron chi connectivity index (χ1n) is 13.0. The molecule has 1 unspecified atom stereocenters. The van der Waals surface area contributed by atoms with Crippen LogP contribution >= 0.6 is 0 Å². The van der Waals surface area contributed by atoms with Gasteiger partial charge in [0.1, 0.15) is 35.3 Å². The van der Waals surface area contributed by atoms with Gasteiger partial charge in [0.25, 0.3) is 5.91 Å². The second-order valence-corrected chi connectivity index (χ2v) is 9.59. The van der Waals surface area contributed by atoms with E-state index in [2.05, 4.69) is 15.3 Å². The second-order valence-electron chi connectivity index (χ2n) is 9.59. The Kier molecular flexibility index (Phi) is 7.65. The largest absolute Gasteiger partial charge is 0.497 e. The number of methoxy groups -OCH3 is 1. The molecule has 0 aliphatic rings. The number of hydrogen-bond acceptors (Lipinski definition) is 7. The molecule has 5 aromatic rings. The number of amides is 1. The van der Waals surface area contributed by atoms with Gasteiger partial charge in [-0.2, -0.15) is 0 Å². The maximum absolute atomic E-state index is 12.9. The highest BCUT2D eigenvalue weighted by Gasteiger charge is 2.21. The molecule has 0 aliphatic carbocycles. The molecule has 7 N–H and O–H groups in total. The number of carboxylic acids is 1. The van der Waals surface area contributed by atoms with Gasteiger partial charge in [0, 0.05) is 12.6 Å². The topological polar surface area (TPSA) is 196 Å². The van der Waals surface area contributed by atoms with Crippen LogP contribution in [0.3, 0.4) is 0 Å². The minimum Gasteiger partial charge on any atom is -0.497 e. The van der Waals surface area contributed by atoms with Gasteiger partial charge in [-0.15, -0.1) is 0 Å². The van der Waals surface area contributed by atoms with Gasteiger partial charge < -0.3 is 40.9 Å². The summed E-state index contributed by atoms with van der Waals surface area (Å²) < 4.78 is 12.6. The van der Waals surface area contributed by atoms with Crippen molar-refractivity contribution >= 4 is 45.6 Å². The van der Waals surface area contributed by atoms with Crippen LogP contribution in [-0.2, 0) is 7.05 Å². The number of imidazole rings is 2. The Balaban J connectivity index is 1.27. The van der Waals surface area contributed by atoms with Crippen molar-refractivity contribution in [3.05, 3.63) is 77.4 Å². The van der Waals surface area contributed by atoms with Gasteiger partial charge in [0.05, 0.1) is 47.3 Å². The number of guanidine groups is 1. The summed E-state index contributed by atoms with van der Waals surface area (Å²) in [6.45, 7) is 2.26. The van der Waals surface area contributed by atoms with Gasteiger partial charge in [-0.05, 0) is 61.5 Å². The lowest BCUT2D eigenvalue weighted by Crippen LogP contribution is -2.28. The van der Waals surface area contributed by atoms with E-state index in [9.17, 15) is 14.7 Å². The van der Waals surface area contributed by atoms with E-state index in [1.807, 2.05) is 30.7 Å². The molecule has 0 saturated carbocycles. The minimum atomic E-state index is -1.14. The maximum Gasteiger partial charge on any atom is 0.339 e. The Morgan fingerprint density at radius 3 is 2.62 bits per heavy atom. The van der Waals surface area contributed by atoms with E-state index in [0.717, 1.165) is 33.7 Å². The highest BCUT2D eigenvalue weighted by molar-refractivity contribution is 5.97. The average Bonchev–Trinajstić information content (AvgIpc) is 3.54. The Bertz CT molecular complexity index is 1840. The SMILES string of the molecule is COc1ccc(OCCNC(=O)c2ccc3nc(C(C)c4nc5ccc(N=C(N)N)cc5[nH]4)n(C)c3c2)c(C(=O)O)c1. The smallest absolute Gasteiger partial charge is 0.339 e. The molecule has 13 heteroatoms. The summed E-state index contributed by atoms with van der Waals surface area (Å²) in [6.07, 6.45) is 0. The van der Waals surface area contributed by atoms with Crippen molar-refractivity contribution < 1.29 is 24.2 Å². The van der Waals surface area contributed by atoms with Crippen molar-refractivity contribution in [2.45, 2.75) is 12.8 Å². The molecule has 0 spiro atoms. The fraction of sp³-hybridized carbons (Fsp3) is 0.207. The zero-order chi connectivity index (χ0) is 30.0. The molecule has 0 bridgehead atoms. The van der Waals surface area contributed by atoms with E-state index in [0.29, 0.717) is 17.0 Å². The van der Waals surface area contributed by atoms with Gasteiger partial charge in [-0.1, -0.05) is 0 Å². The molecule has 0 aliphatic heterocycles. The number of hydrogen-bond donors (Lipinski definition) is 5. The summed E-state index contributed by atoms with van der Waals surface area (Å²) in [5.74, 6) is 0.470. The molecule has 1 atom stereocenters. The zero-order valence-electron chi connectivity index (χ0n) is 23.2. The average molecular weight is 571 g/mol. The molecule has 0 saturated heterocycles. The molecule has 42 heavy (non-hydrogen) atoms. The molecule has 0 radical (unpaired) electrons. The van der Waals surface area contributed by atoms with Crippen LogP contribution < -0.4 is 26.3 Å². The van der Waals surface area contributed by atoms with Crippen LogP contribution in [-0.4, -0.2) is 62.7 Å². The van der Waals surface area contributed by atoms with Gasteiger partial charge in [0.15, 0.2) is 5.96 Å². The summed E-state index contributed by atoms with van der Waals surface area (Å²) in [7, 11) is 3.35. The number of aromatic nitrogens is 4. The zero-order valence-corrected chi connectivity index (χ0v) is 23.2. The predicted octanol–water partition coefficient (Wildman–Crippen LogP) is 3.02. The summed E-state index contributed by atoms with van der Waals surface area (Å²) in [5.41, 5.74) is 15.1. The van der Waals surface area contributed by atoms with Gasteiger partial charge in [-0.25, -0.2) is 19.8 Å². The van der Waals surface area contributed by atoms with Crippen molar-refractivity contribution in [2.75, 3.05) is 20.3 Å². The van der Waals surface area contributed by atoms with Crippen LogP contribution in [0, 0.1) is 0 Å². The van der Waals surface area contributed by atoms with Crippen LogP contribution in [0.25, 0.3) is 22.1 Å². The number of carboxylic acid groups (broad SMARTS) is 1. The Labute approximate surface area is 240 Å². The molecule has 5 rings (SSSR count). The maximum atomic E-state index is 12.9. The number of fused-ring (bicyclic) bond motifs is 2. The number of aromatic carboxylic acids is 1. The highest BCUT2D eigenvalue weighted by atomic mass is 16.5. The van der Waals surface area contributed by atoms with Gasteiger partial charge in [0.2, 0.25) is 0 Å². The summed E-state index contributed by atoms with van der Waals surface area (Å²) in [5, 5.41) is 12.2. The lowest BCUT2D eigenvalue weighted by Gasteiger charge is -2.11. The number of benzene rings is 3. The molecular formula is C29H30N8O5. The van der Waals surface area contributed by atoms with Crippen LogP contribution in [0.5, 0.6) is 11.5 Å². The van der Waals surface area contributed by atoms with E-state index < -0.39 is 5.97 Å². The third kappa shape index (κ3) is 5.66. The summed E-state index contributed by atoms with van der Waals surface area (Å²) >= 11 is 0. The molecule has 13 nitrogen and oxygen atoms in total. The fourth-order valence-electron chi connectivity index (χ4n) is 4.66. The number of ether oxygens (including phenoxy) is 2. The molecule has 2 aromatic heterocycles. The van der Waals surface area contributed by atoms with E-state index in [4.69, 9.17) is 30.9 Å². The van der Waals surface area contributed by atoms with E-state index in [1.54, 1.807) is 30.3 Å². The van der Waals surface area contributed by atoms with Crippen LogP contribution in [0.4, 0.5) is 5.69 Å². The number of rotatable bonds is 10. The molecule has 216 valence electrons. The number of nitrogens with one attached hydrogen (secondary N) is 2. The van der Waals surface area contributed by atoms with Crippen molar-refractivity contribution in [3.63, 3.8) is 0 Å². The third-order valence-corrected chi connectivity index (χ3v) is 6.78. The van der Waals surface area contributed by atoms with Crippen molar-refractivity contribution in [1.82, 2.24) is 24.8 Å². The summed E-state index contributed by atoms with van der Waals surface area (Å²) in [4.78, 5) is 41.3. The second kappa shape index (κ2) is 11.5. The number of carbonyl (C=O) groups is 2. The number of nitrogens with two attached hydrogens (primary N) is 2. The Morgan fingerprint density at radius 1 is 1.10 bits per heavy atom. The first-order valence-corrected chi connectivity index (χ1v) is 13.0. The molecule has 3 aromatic carbocycles. The molecular weight excluding hydrogens is 540 g/mol. The number of carbonyl (C=O) groups excluding carboxylic acids is 1.